The van der Waals surface area contributed by atoms with Crippen molar-refractivity contribution >= 4 is 28.5 Å². The maximum absolute atomic E-state index is 12.2. The molecule has 21 heavy (non-hydrogen) atoms. The van der Waals surface area contributed by atoms with Gasteiger partial charge in [-0.1, -0.05) is 6.07 Å². The molecule has 0 aliphatic heterocycles. The molecule has 5 nitrogen and oxygen atoms in total. The summed E-state index contributed by atoms with van der Waals surface area (Å²) in [6.07, 6.45) is 3.37. The second-order valence-corrected chi connectivity index (χ2v) is 5.45. The molecular weight excluding hydrogens is 268 g/mol. The summed E-state index contributed by atoms with van der Waals surface area (Å²) in [5.74, 6) is -1.50. The molecular formula is C16H16N2O3. The van der Waals surface area contributed by atoms with Crippen LogP contribution in [0, 0.1) is 11.8 Å². The number of benzene rings is 1. The summed E-state index contributed by atoms with van der Waals surface area (Å²) >= 11 is 0. The quantitative estimate of drug-likeness (QED) is 0.908. The van der Waals surface area contributed by atoms with E-state index in [0.29, 0.717) is 19.3 Å². The highest BCUT2D eigenvalue weighted by molar-refractivity contribution is 5.95. The number of carboxylic acids is 1. The lowest BCUT2D eigenvalue weighted by Crippen LogP contribution is -2.21. The van der Waals surface area contributed by atoms with Gasteiger partial charge in [-0.25, -0.2) is 0 Å². The van der Waals surface area contributed by atoms with E-state index in [1.807, 2.05) is 30.3 Å². The zero-order chi connectivity index (χ0) is 14.8. The molecule has 0 radical (unpaired) electrons. The van der Waals surface area contributed by atoms with Crippen LogP contribution in [0.15, 0.2) is 36.5 Å². The Bertz CT molecular complexity index is 699. The van der Waals surface area contributed by atoms with E-state index in [1.165, 1.54) is 0 Å². The second-order valence-electron chi connectivity index (χ2n) is 5.45. The minimum Gasteiger partial charge on any atom is -0.481 e. The molecule has 1 aliphatic carbocycles. The molecule has 1 aromatic heterocycles. The van der Waals surface area contributed by atoms with Gasteiger partial charge in [-0.05, 0) is 43.5 Å². The number of amides is 1. The highest BCUT2D eigenvalue weighted by Crippen LogP contribution is 2.32. The van der Waals surface area contributed by atoms with E-state index in [1.54, 1.807) is 6.20 Å². The fourth-order valence-corrected chi connectivity index (χ4v) is 2.84. The first-order valence-corrected chi connectivity index (χ1v) is 7.02. The average molecular weight is 284 g/mol. The SMILES string of the molecule is O=C(O)[C@H]1CC[C@@H](C(=O)Nc2ccc3ncccc3c2)C1. The van der Waals surface area contributed by atoms with Crippen LogP contribution >= 0.6 is 0 Å². The smallest absolute Gasteiger partial charge is 0.306 e. The molecule has 0 bridgehead atoms. The van der Waals surface area contributed by atoms with Crippen molar-refractivity contribution in [2.75, 3.05) is 5.32 Å². The van der Waals surface area contributed by atoms with Crippen molar-refractivity contribution in [1.29, 1.82) is 0 Å². The standard InChI is InChI=1S/C16H16N2O3/c19-15(11-3-4-12(8-11)16(20)21)18-13-5-6-14-10(9-13)2-1-7-17-14/h1-2,5-7,9,11-12H,3-4,8H2,(H,18,19)(H,20,21)/t11-,12+/m1/s1. The number of nitrogens with one attached hydrogen (secondary N) is 1. The number of hydrogen-bond donors (Lipinski definition) is 2. The molecule has 2 atom stereocenters. The van der Waals surface area contributed by atoms with Crippen LogP contribution in [0.1, 0.15) is 19.3 Å². The highest BCUT2D eigenvalue weighted by Gasteiger charge is 2.33. The largest absolute Gasteiger partial charge is 0.481 e. The average Bonchev–Trinajstić information content (AvgIpc) is 2.97. The maximum Gasteiger partial charge on any atom is 0.306 e. The van der Waals surface area contributed by atoms with E-state index >= 15 is 0 Å². The predicted octanol–water partition coefficient (Wildman–Crippen LogP) is 2.67. The monoisotopic (exact) mass is 284 g/mol. The van der Waals surface area contributed by atoms with Gasteiger partial charge in [-0.2, -0.15) is 0 Å². The van der Waals surface area contributed by atoms with Crippen LogP contribution in [0.2, 0.25) is 0 Å². The Kier molecular flexibility index (Phi) is 3.56. The van der Waals surface area contributed by atoms with Crippen molar-refractivity contribution in [2.45, 2.75) is 19.3 Å². The van der Waals surface area contributed by atoms with Crippen molar-refractivity contribution in [1.82, 2.24) is 4.98 Å². The Morgan fingerprint density at radius 2 is 2.00 bits per heavy atom. The van der Waals surface area contributed by atoms with Gasteiger partial charge in [0.2, 0.25) is 5.91 Å². The molecule has 0 spiro atoms. The van der Waals surface area contributed by atoms with E-state index in [0.717, 1.165) is 16.6 Å². The Hall–Kier alpha value is -2.43. The topological polar surface area (TPSA) is 79.3 Å². The molecule has 0 saturated heterocycles. The van der Waals surface area contributed by atoms with Crippen molar-refractivity contribution in [3.8, 4) is 0 Å². The number of aliphatic carboxylic acids is 1. The summed E-state index contributed by atoms with van der Waals surface area (Å²) in [5, 5.41) is 12.8. The first kappa shape index (κ1) is 13.5. The highest BCUT2D eigenvalue weighted by atomic mass is 16.4. The number of anilines is 1. The number of rotatable bonds is 3. The van der Waals surface area contributed by atoms with Gasteiger partial charge in [0.05, 0.1) is 11.4 Å². The summed E-state index contributed by atoms with van der Waals surface area (Å²) in [7, 11) is 0. The van der Waals surface area contributed by atoms with E-state index in [2.05, 4.69) is 10.3 Å². The van der Waals surface area contributed by atoms with E-state index in [9.17, 15) is 9.59 Å². The van der Waals surface area contributed by atoms with E-state index < -0.39 is 5.97 Å². The first-order chi connectivity index (χ1) is 10.1. The zero-order valence-corrected chi connectivity index (χ0v) is 11.5. The number of nitrogens with zero attached hydrogens (tertiary/aromatic N) is 1. The fraction of sp³-hybridized carbons (Fsp3) is 0.312. The zero-order valence-electron chi connectivity index (χ0n) is 11.5. The van der Waals surface area contributed by atoms with Crippen LogP contribution in [0.5, 0.6) is 0 Å². The van der Waals surface area contributed by atoms with Gasteiger partial charge in [0, 0.05) is 23.2 Å². The molecule has 1 saturated carbocycles. The Morgan fingerprint density at radius 1 is 1.19 bits per heavy atom. The molecule has 1 aliphatic rings. The lowest BCUT2D eigenvalue weighted by Gasteiger charge is -2.11. The molecule has 1 aromatic carbocycles. The molecule has 1 fully saturated rings. The van der Waals surface area contributed by atoms with Crippen LogP contribution in [-0.4, -0.2) is 22.0 Å². The number of carbonyl (C=O) groups is 2. The lowest BCUT2D eigenvalue weighted by molar-refractivity contribution is -0.141. The third-order valence-electron chi connectivity index (χ3n) is 4.02. The maximum atomic E-state index is 12.2. The van der Waals surface area contributed by atoms with Gasteiger partial charge >= 0.3 is 5.97 Å². The lowest BCUT2D eigenvalue weighted by atomic mass is 10.0. The van der Waals surface area contributed by atoms with Crippen LogP contribution < -0.4 is 5.32 Å². The number of aromatic nitrogens is 1. The number of hydrogen-bond acceptors (Lipinski definition) is 3. The van der Waals surface area contributed by atoms with Crippen LogP contribution in [0.4, 0.5) is 5.69 Å². The molecule has 3 rings (SSSR count). The molecule has 0 unspecified atom stereocenters. The summed E-state index contributed by atoms with van der Waals surface area (Å²) in [5.41, 5.74) is 1.60. The van der Waals surface area contributed by atoms with Gasteiger partial charge in [-0.15, -0.1) is 0 Å². The first-order valence-electron chi connectivity index (χ1n) is 7.02. The predicted molar refractivity (Wildman–Crippen MR) is 78.8 cm³/mol. The van der Waals surface area contributed by atoms with Crippen molar-refractivity contribution in [3.05, 3.63) is 36.5 Å². The van der Waals surface area contributed by atoms with Gasteiger partial charge < -0.3 is 10.4 Å². The van der Waals surface area contributed by atoms with Gasteiger partial charge in [0.15, 0.2) is 0 Å². The molecule has 1 amide bonds. The second kappa shape index (κ2) is 5.52. The Balaban J connectivity index is 1.70. The third-order valence-corrected chi connectivity index (χ3v) is 4.02. The summed E-state index contributed by atoms with van der Waals surface area (Å²) < 4.78 is 0. The van der Waals surface area contributed by atoms with Crippen LogP contribution in [-0.2, 0) is 9.59 Å². The van der Waals surface area contributed by atoms with Crippen molar-refractivity contribution in [2.24, 2.45) is 11.8 Å². The number of fused-ring (bicyclic) bond motifs is 1. The number of carbonyl (C=O) groups excluding carboxylic acids is 1. The molecule has 2 N–H and O–H groups in total. The van der Waals surface area contributed by atoms with E-state index in [-0.39, 0.29) is 17.7 Å². The number of pyridine rings is 1. The minimum absolute atomic E-state index is 0.0954. The summed E-state index contributed by atoms with van der Waals surface area (Å²) in [4.78, 5) is 27.4. The van der Waals surface area contributed by atoms with Crippen molar-refractivity contribution < 1.29 is 14.7 Å². The molecule has 1 heterocycles. The summed E-state index contributed by atoms with van der Waals surface area (Å²) in [6, 6.07) is 9.34. The van der Waals surface area contributed by atoms with Crippen molar-refractivity contribution in [3.63, 3.8) is 0 Å². The molecule has 5 heteroatoms. The van der Waals surface area contributed by atoms with Crippen LogP contribution in [0.3, 0.4) is 0 Å². The van der Waals surface area contributed by atoms with Gasteiger partial charge in [-0.3, -0.25) is 14.6 Å². The normalized spacial score (nSPS) is 21.3. The Labute approximate surface area is 122 Å². The Morgan fingerprint density at radius 3 is 2.76 bits per heavy atom. The van der Waals surface area contributed by atoms with Gasteiger partial charge in [0.1, 0.15) is 0 Å². The molecule has 2 aromatic rings. The fourth-order valence-electron chi connectivity index (χ4n) is 2.84. The van der Waals surface area contributed by atoms with Gasteiger partial charge in [0.25, 0.3) is 0 Å². The molecule has 108 valence electrons. The third kappa shape index (κ3) is 2.86. The number of carboxylic acid groups (broad SMARTS) is 1. The minimum atomic E-state index is -0.804. The summed E-state index contributed by atoms with van der Waals surface area (Å²) in [6.45, 7) is 0. The van der Waals surface area contributed by atoms with E-state index in [4.69, 9.17) is 5.11 Å². The van der Waals surface area contributed by atoms with Crippen LogP contribution in [0.25, 0.3) is 10.9 Å².